The maximum Gasteiger partial charge on any atom is 0.320 e. The van der Waals surface area contributed by atoms with Crippen molar-refractivity contribution >= 4 is 23.9 Å². The van der Waals surface area contributed by atoms with Gasteiger partial charge in [0.15, 0.2) is 0 Å². The molecular weight excluding hydrogens is 566 g/mol. The van der Waals surface area contributed by atoms with E-state index in [1.807, 2.05) is 0 Å². The van der Waals surface area contributed by atoms with E-state index in [0.29, 0.717) is 17.0 Å². The van der Waals surface area contributed by atoms with Gasteiger partial charge in [0.05, 0.1) is 37.6 Å². The first kappa shape index (κ1) is 38.5. The number of esters is 4. The first-order valence-electron chi connectivity index (χ1n) is 14.6. The van der Waals surface area contributed by atoms with Gasteiger partial charge in [-0.05, 0) is 95.2 Å². The third-order valence-electron chi connectivity index (χ3n) is 4.96. The molecular formula is C33H51N3O8. The highest BCUT2D eigenvalue weighted by molar-refractivity contribution is 5.76. The molecule has 0 aromatic carbocycles. The summed E-state index contributed by atoms with van der Waals surface area (Å²) < 4.78 is 21.9. The van der Waals surface area contributed by atoms with Gasteiger partial charge in [0.2, 0.25) is 0 Å². The maximum atomic E-state index is 12.7. The normalized spacial score (nSPS) is 12.5. The molecule has 246 valence electrons. The predicted octanol–water partition coefficient (Wildman–Crippen LogP) is 4.03. The predicted molar refractivity (Wildman–Crippen MR) is 166 cm³/mol. The molecule has 11 heteroatoms. The van der Waals surface area contributed by atoms with Crippen molar-refractivity contribution in [3.63, 3.8) is 0 Å². The number of pyridine rings is 1. The van der Waals surface area contributed by atoms with E-state index in [1.165, 1.54) is 0 Å². The van der Waals surface area contributed by atoms with Gasteiger partial charge in [-0.1, -0.05) is 5.92 Å². The van der Waals surface area contributed by atoms with Gasteiger partial charge in [-0.25, -0.2) is 0 Å². The molecule has 0 saturated heterocycles. The third kappa shape index (κ3) is 18.2. The van der Waals surface area contributed by atoms with E-state index in [1.54, 1.807) is 105 Å². The van der Waals surface area contributed by atoms with Crippen LogP contribution in [0.3, 0.4) is 0 Å². The summed E-state index contributed by atoms with van der Waals surface area (Å²) in [5.74, 6) is 0.525. The lowest BCUT2D eigenvalue weighted by molar-refractivity contribution is -0.162. The molecule has 11 nitrogen and oxygen atoms in total. The smallest absolute Gasteiger partial charge is 0.320 e. The van der Waals surface area contributed by atoms with Crippen molar-refractivity contribution in [3.05, 3.63) is 29.1 Å². The number of aromatic nitrogens is 1. The van der Waals surface area contributed by atoms with Crippen LogP contribution in [0.15, 0.2) is 12.1 Å². The average molecular weight is 618 g/mol. The van der Waals surface area contributed by atoms with Crippen molar-refractivity contribution in [1.82, 2.24) is 14.8 Å². The first-order chi connectivity index (χ1) is 19.8. The Kier molecular flexibility index (Phi) is 13.6. The third-order valence-corrected chi connectivity index (χ3v) is 4.96. The lowest BCUT2D eigenvalue weighted by atomic mass is 10.1. The summed E-state index contributed by atoms with van der Waals surface area (Å²) in [6, 6.07) is 3.35. The van der Waals surface area contributed by atoms with E-state index in [4.69, 9.17) is 30.4 Å². The van der Waals surface area contributed by atoms with Gasteiger partial charge < -0.3 is 18.9 Å². The summed E-state index contributed by atoms with van der Waals surface area (Å²) >= 11 is 0. The van der Waals surface area contributed by atoms with E-state index in [-0.39, 0.29) is 39.3 Å². The highest BCUT2D eigenvalue weighted by Crippen LogP contribution is 2.16. The summed E-state index contributed by atoms with van der Waals surface area (Å²) in [4.78, 5) is 58.6. The fourth-order valence-corrected chi connectivity index (χ4v) is 3.91. The average Bonchev–Trinajstić information content (AvgIpc) is 2.73. The number of hydrogen-bond donors (Lipinski definition) is 0. The zero-order valence-electron chi connectivity index (χ0n) is 28.6. The Morgan fingerprint density at radius 1 is 0.591 bits per heavy atom. The topological polar surface area (TPSA) is 125 Å². The monoisotopic (exact) mass is 617 g/mol. The minimum Gasteiger partial charge on any atom is -0.459 e. The largest absolute Gasteiger partial charge is 0.459 e. The lowest BCUT2D eigenvalue weighted by Crippen LogP contribution is -2.40. The molecule has 0 unspecified atom stereocenters. The molecule has 0 radical (unpaired) electrons. The van der Waals surface area contributed by atoms with Crippen LogP contribution in [0.1, 0.15) is 100 Å². The fourth-order valence-electron chi connectivity index (χ4n) is 3.91. The minimum atomic E-state index is -0.713. The van der Waals surface area contributed by atoms with Crippen molar-refractivity contribution in [2.24, 2.45) is 0 Å². The van der Waals surface area contributed by atoms with Crippen molar-refractivity contribution in [1.29, 1.82) is 0 Å². The van der Waals surface area contributed by atoms with Crippen LogP contribution >= 0.6 is 0 Å². The summed E-state index contributed by atoms with van der Waals surface area (Å²) in [5, 5.41) is 0. The van der Waals surface area contributed by atoms with E-state index in [2.05, 4.69) is 5.92 Å². The highest BCUT2D eigenvalue weighted by atomic mass is 16.6. The number of carbonyl (C=O) groups is 4. The number of ether oxygens (including phenoxy) is 4. The van der Waals surface area contributed by atoms with Gasteiger partial charge >= 0.3 is 23.9 Å². The molecule has 0 saturated carbocycles. The fraction of sp³-hybridized carbons (Fsp3) is 0.667. The van der Waals surface area contributed by atoms with Crippen molar-refractivity contribution in [2.45, 2.75) is 119 Å². The quantitative estimate of drug-likeness (QED) is 0.192. The Balaban J connectivity index is 3.35. The second-order valence-corrected chi connectivity index (χ2v) is 14.6. The number of hydrogen-bond acceptors (Lipinski definition) is 11. The van der Waals surface area contributed by atoms with E-state index in [9.17, 15) is 19.2 Å². The van der Waals surface area contributed by atoms with Crippen LogP contribution in [0.25, 0.3) is 0 Å². The Hall–Kier alpha value is -3.49. The van der Waals surface area contributed by atoms with Crippen LogP contribution in [0.4, 0.5) is 0 Å². The van der Waals surface area contributed by atoms with E-state index >= 15 is 0 Å². The van der Waals surface area contributed by atoms with E-state index < -0.39 is 46.3 Å². The van der Waals surface area contributed by atoms with Gasteiger partial charge in [0, 0.05) is 18.7 Å². The first-order valence-corrected chi connectivity index (χ1v) is 14.6. The number of terminal acetylenes is 1. The molecule has 0 fully saturated rings. The molecule has 1 rings (SSSR count). The number of nitrogens with zero attached hydrogens (tertiary/aromatic N) is 3. The summed E-state index contributed by atoms with van der Waals surface area (Å²) in [6.45, 7) is 20.4. The van der Waals surface area contributed by atoms with Crippen LogP contribution < -0.4 is 0 Å². The second kappa shape index (κ2) is 15.5. The molecule has 1 aromatic heterocycles. The second-order valence-electron chi connectivity index (χ2n) is 14.6. The van der Waals surface area contributed by atoms with Crippen LogP contribution in [0, 0.1) is 12.3 Å². The minimum absolute atomic E-state index is 0.0686. The molecule has 0 aliphatic heterocycles. The standard InChI is InChI=1S/C33H51N3O8/c1-14-23-15-24(17-35(19-26(37)41-30(2,3)4)20-27(38)42-31(5,6)7)34-25(16-23)18-36(21-28(39)43-32(8,9)10)22-29(40)44-33(11,12)13/h1,15-16H,17-22H2,2-13H3. The SMILES string of the molecule is C#Cc1cc(CN(CC(=O)OC(C)(C)C)CC(=O)OC(C)(C)C)nc(CN(CC(=O)OC(C)(C)C)CC(=O)OC(C)(C)C)c1. The molecule has 0 spiro atoms. The van der Waals surface area contributed by atoms with Crippen LogP contribution in [0.2, 0.25) is 0 Å². The van der Waals surface area contributed by atoms with Crippen molar-refractivity contribution < 1.29 is 38.1 Å². The molecule has 0 atom stereocenters. The Morgan fingerprint density at radius 3 is 1.05 bits per heavy atom. The Labute approximate surface area is 262 Å². The summed E-state index contributed by atoms with van der Waals surface area (Å²) in [7, 11) is 0. The summed E-state index contributed by atoms with van der Waals surface area (Å²) in [5.41, 5.74) is -1.42. The molecule has 0 N–H and O–H groups in total. The Bertz CT molecular complexity index is 1060. The zero-order valence-corrected chi connectivity index (χ0v) is 28.6. The highest BCUT2D eigenvalue weighted by Gasteiger charge is 2.26. The molecule has 1 aromatic rings. The van der Waals surface area contributed by atoms with Gasteiger partial charge in [0.25, 0.3) is 0 Å². The Morgan fingerprint density at radius 2 is 0.841 bits per heavy atom. The van der Waals surface area contributed by atoms with Gasteiger partial charge in [-0.3, -0.25) is 34.0 Å². The van der Waals surface area contributed by atoms with Crippen molar-refractivity contribution in [3.8, 4) is 12.3 Å². The zero-order chi connectivity index (χ0) is 34.1. The van der Waals surface area contributed by atoms with Crippen LogP contribution in [0.5, 0.6) is 0 Å². The van der Waals surface area contributed by atoms with E-state index in [0.717, 1.165) is 0 Å². The van der Waals surface area contributed by atoms with Gasteiger partial charge in [-0.2, -0.15) is 0 Å². The van der Waals surface area contributed by atoms with Crippen molar-refractivity contribution in [2.75, 3.05) is 26.2 Å². The lowest BCUT2D eigenvalue weighted by Gasteiger charge is -2.27. The molecule has 0 bridgehead atoms. The van der Waals surface area contributed by atoms with Gasteiger partial charge in [0.1, 0.15) is 22.4 Å². The summed E-state index contributed by atoms with van der Waals surface area (Å²) in [6.07, 6.45) is 5.75. The molecule has 0 aliphatic rings. The molecule has 0 amide bonds. The van der Waals surface area contributed by atoms with Crippen LogP contribution in [-0.4, -0.2) is 87.2 Å². The van der Waals surface area contributed by atoms with Gasteiger partial charge in [-0.15, -0.1) is 6.42 Å². The maximum absolute atomic E-state index is 12.7. The van der Waals surface area contributed by atoms with Crippen LogP contribution in [-0.2, 0) is 51.2 Å². The molecule has 1 heterocycles. The number of rotatable bonds is 12. The molecule has 0 aliphatic carbocycles. The number of carbonyl (C=O) groups excluding carboxylic acids is 4. The molecule has 44 heavy (non-hydrogen) atoms.